The molecule has 0 bridgehead atoms. The molecule has 326 valence electrons. The van der Waals surface area contributed by atoms with E-state index in [9.17, 15) is 10.5 Å². The van der Waals surface area contributed by atoms with Gasteiger partial charge in [-0.05, 0) is 123 Å². The van der Waals surface area contributed by atoms with E-state index in [2.05, 4.69) is 170 Å². The van der Waals surface area contributed by atoms with Gasteiger partial charge in [0.15, 0.2) is 0 Å². The van der Waals surface area contributed by atoms with Crippen LogP contribution in [0.15, 0.2) is 121 Å². The fourth-order valence-electron chi connectivity index (χ4n) is 15.7. The molecule has 0 amide bonds. The lowest BCUT2D eigenvalue weighted by Crippen LogP contribution is -2.32. The first kappa shape index (κ1) is 39.3. The molecule has 0 saturated heterocycles. The van der Waals surface area contributed by atoms with Crippen LogP contribution in [0.5, 0.6) is 0 Å². The number of aromatic nitrogens is 2. The number of para-hydroxylation sites is 2. The second kappa shape index (κ2) is 13.4. The zero-order valence-corrected chi connectivity index (χ0v) is 39.1. The van der Waals surface area contributed by atoms with Crippen LogP contribution < -0.4 is 0 Å². The summed E-state index contributed by atoms with van der Waals surface area (Å²) < 4.78 is 4.98. The van der Waals surface area contributed by atoms with Gasteiger partial charge in [0.05, 0.1) is 44.6 Å². The number of rotatable bonds is 2. The molecule has 2 fully saturated rings. The Bertz CT molecular complexity index is 3520. The molecule has 67 heavy (non-hydrogen) atoms. The van der Waals surface area contributed by atoms with E-state index in [1.54, 1.807) is 0 Å². The van der Waals surface area contributed by atoms with E-state index in [4.69, 9.17) is 0 Å². The first-order valence-electron chi connectivity index (χ1n) is 25.0. The van der Waals surface area contributed by atoms with Crippen LogP contribution >= 0.6 is 0 Å². The first-order valence-corrected chi connectivity index (χ1v) is 25.0. The molecule has 5 aliphatic rings. The number of nitriles is 2. The molecule has 0 unspecified atom stereocenters. The lowest BCUT2D eigenvalue weighted by molar-refractivity contribution is 0.204. The molecule has 2 saturated carbocycles. The van der Waals surface area contributed by atoms with Crippen LogP contribution in [0.4, 0.5) is 0 Å². The Labute approximate surface area is 393 Å². The Kier molecular flexibility index (Phi) is 7.86. The summed E-state index contributed by atoms with van der Waals surface area (Å²) in [4.78, 5) is 0. The largest absolute Gasteiger partial charge is 0.308 e. The highest BCUT2D eigenvalue weighted by Crippen LogP contribution is 2.66. The van der Waals surface area contributed by atoms with Gasteiger partial charge in [-0.25, -0.2) is 0 Å². The third-order valence-corrected chi connectivity index (χ3v) is 18.2. The molecule has 0 N–H and O–H groups in total. The van der Waals surface area contributed by atoms with Crippen molar-refractivity contribution in [3.8, 4) is 45.8 Å². The van der Waals surface area contributed by atoms with Gasteiger partial charge < -0.3 is 9.13 Å². The Hall–Kier alpha value is -6.88. The summed E-state index contributed by atoms with van der Waals surface area (Å²) in [6.07, 6.45) is 12.7. The molecule has 0 atom stereocenters. The van der Waals surface area contributed by atoms with Crippen molar-refractivity contribution in [2.45, 2.75) is 120 Å². The molecule has 14 rings (SSSR count). The minimum absolute atomic E-state index is 0.123. The number of nitrogens with zero attached hydrogens (tertiary/aromatic N) is 4. The normalized spacial score (nSPS) is 18.8. The fourth-order valence-corrected chi connectivity index (χ4v) is 15.7. The predicted octanol–water partition coefficient (Wildman–Crippen LogP) is 16.0. The van der Waals surface area contributed by atoms with Crippen molar-refractivity contribution in [1.29, 1.82) is 10.5 Å². The zero-order chi connectivity index (χ0) is 45.2. The molecule has 7 aromatic carbocycles. The topological polar surface area (TPSA) is 57.4 Å². The molecule has 5 aliphatic carbocycles. The molecule has 2 spiro atoms. The van der Waals surface area contributed by atoms with E-state index in [1.165, 1.54) is 116 Å². The molecule has 4 nitrogen and oxygen atoms in total. The quantitative estimate of drug-likeness (QED) is 0.174. The van der Waals surface area contributed by atoms with Gasteiger partial charge in [-0.1, -0.05) is 163 Å². The summed E-state index contributed by atoms with van der Waals surface area (Å²) in [5.41, 5.74) is 20.1. The lowest BCUT2D eigenvalue weighted by Gasteiger charge is -2.40. The maximum Gasteiger partial charge on any atom is 0.103 e. The number of hydrogen-bond donors (Lipinski definition) is 0. The Morgan fingerprint density at radius 1 is 0.403 bits per heavy atom. The minimum atomic E-state index is -0.231. The molecule has 0 radical (unpaired) electrons. The summed E-state index contributed by atoms with van der Waals surface area (Å²) in [5.74, 6) is 0. The van der Waals surface area contributed by atoms with Gasteiger partial charge in [0, 0.05) is 32.4 Å². The van der Waals surface area contributed by atoms with E-state index in [0.717, 1.165) is 65.5 Å². The van der Waals surface area contributed by atoms with Crippen molar-refractivity contribution in [2.75, 3.05) is 0 Å². The summed E-state index contributed by atoms with van der Waals surface area (Å²) in [6.45, 7) is 9.54. The average molecular weight is 867 g/mol. The number of hydrogen-bond acceptors (Lipinski definition) is 2. The van der Waals surface area contributed by atoms with Crippen molar-refractivity contribution in [3.63, 3.8) is 0 Å². The van der Waals surface area contributed by atoms with Gasteiger partial charge in [-0.2, -0.15) is 10.5 Å². The van der Waals surface area contributed by atoms with Gasteiger partial charge in [-0.3, -0.25) is 0 Å². The first-order chi connectivity index (χ1) is 32.6. The second-order valence-corrected chi connectivity index (χ2v) is 22.1. The second-order valence-electron chi connectivity index (χ2n) is 22.1. The number of benzene rings is 7. The van der Waals surface area contributed by atoms with Gasteiger partial charge in [-0.15, -0.1) is 0 Å². The third-order valence-electron chi connectivity index (χ3n) is 18.2. The van der Waals surface area contributed by atoms with Crippen LogP contribution in [0.2, 0.25) is 0 Å². The van der Waals surface area contributed by atoms with Gasteiger partial charge in [0.25, 0.3) is 0 Å². The average Bonchev–Trinajstić information content (AvgIpc) is 4.08. The van der Waals surface area contributed by atoms with Crippen LogP contribution in [-0.2, 0) is 21.7 Å². The summed E-state index contributed by atoms with van der Waals surface area (Å²) >= 11 is 0. The fraction of sp³-hybridized carbons (Fsp3) is 0.302. The van der Waals surface area contributed by atoms with Gasteiger partial charge in [0.2, 0.25) is 0 Å². The maximum absolute atomic E-state index is 12.1. The van der Waals surface area contributed by atoms with E-state index < -0.39 is 0 Å². The van der Waals surface area contributed by atoms with Crippen LogP contribution in [0.25, 0.3) is 77.2 Å². The van der Waals surface area contributed by atoms with E-state index >= 15 is 0 Å². The van der Waals surface area contributed by atoms with Crippen molar-refractivity contribution in [3.05, 3.63) is 166 Å². The van der Waals surface area contributed by atoms with Crippen molar-refractivity contribution >= 4 is 43.6 Å². The van der Waals surface area contributed by atoms with E-state index in [0.29, 0.717) is 11.1 Å². The molecule has 2 heterocycles. The predicted molar refractivity (Wildman–Crippen MR) is 274 cm³/mol. The third kappa shape index (κ3) is 4.77. The highest BCUT2D eigenvalue weighted by Gasteiger charge is 2.57. The van der Waals surface area contributed by atoms with Crippen molar-refractivity contribution in [1.82, 2.24) is 9.13 Å². The molecular formula is C63H54N4. The Morgan fingerprint density at radius 2 is 0.791 bits per heavy atom. The highest BCUT2D eigenvalue weighted by atomic mass is 15.0. The summed E-state index contributed by atoms with van der Waals surface area (Å²) in [6, 6.07) is 50.8. The monoisotopic (exact) mass is 866 g/mol. The lowest BCUT2D eigenvalue weighted by atomic mass is 9.64. The molecule has 9 aromatic rings. The molecule has 0 aliphatic heterocycles. The Morgan fingerprint density at radius 3 is 1.21 bits per heavy atom. The molecule has 2 aromatic heterocycles. The highest BCUT2D eigenvalue weighted by molar-refractivity contribution is 6.16. The number of fused-ring (bicyclic) bond motifs is 17. The van der Waals surface area contributed by atoms with Crippen LogP contribution in [0, 0.1) is 22.7 Å². The standard InChI is InChI=1S/C63H54N4/c1-60(2)46-23-11-7-19-38(46)40-27-29-50-52(54(40)60)42-21-9-13-25-48(42)66(50)58-44(35-64)45(36-65)59(57-56(58)62(31-15-5-16-32-62)37-63(57)33-17-6-18-34-63)67-49-26-14-10-22-43(49)53-51(67)30-28-41-39-20-8-12-24-47(39)61(3,4)55(41)53/h7-14,19-30H,5-6,15-18,31-34,37H2,1-4H3. The molecular weight excluding hydrogens is 813 g/mol. The Balaban J connectivity index is 1.18. The van der Waals surface area contributed by atoms with Crippen LogP contribution in [-0.4, -0.2) is 9.13 Å². The van der Waals surface area contributed by atoms with E-state index in [1.807, 2.05) is 0 Å². The maximum atomic E-state index is 12.1. The van der Waals surface area contributed by atoms with Crippen molar-refractivity contribution in [2.24, 2.45) is 0 Å². The zero-order valence-electron chi connectivity index (χ0n) is 39.1. The summed E-state index contributed by atoms with van der Waals surface area (Å²) in [5, 5.41) is 29.1. The van der Waals surface area contributed by atoms with Crippen LogP contribution in [0.1, 0.15) is 143 Å². The SMILES string of the molecule is CC1(C)c2ccccc2-c2ccc3c(c21)c1ccccc1n3-c1c(C#N)c(C#N)c(-n2c3ccccc3c3c4c(ccc32)-c2ccccc2C4(C)C)c2c1C1(CCCCC1)CC21CCCCC1. The van der Waals surface area contributed by atoms with E-state index in [-0.39, 0.29) is 21.7 Å². The minimum Gasteiger partial charge on any atom is -0.308 e. The van der Waals surface area contributed by atoms with Crippen LogP contribution in [0.3, 0.4) is 0 Å². The smallest absolute Gasteiger partial charge is 0.103 e. The van der Waals surface area contributed by atoms with Gasteiger partial charge in [0.1, 0.15) is 12.1 Å². The van der Waals surface area contributed by atoms with Crippen molar-refractivity contribution < 1.29 is 0 Å². The van der Waals surface area contributed by atoms with Gasteiger partial charge >= 0.3 is 0 Å². The molecule has 4 heteroatoms. The summed E-state index contributed by atoms with van der Waals surface area (Å²) in [7, 11) is 0.